The molecule has 1 aliphatic heterocycles. The minimum atomic E-state index is -3.89. The van der Waals surface area contributed by atoms with Crippen LogP contribution in [0.4, 0.5) is 5.69 Å². The standard InChI is InChI=1S/C17H23N5O4S/c1-3-20-13-15(14(2)18-20)12-19-8-10-21(11-9-19)27(25,26)17-7-5-4-6-16(17)22(23)24/h4-7,13H,3,8-12H2,1-2H3. The molecule has 1 fully saturated rings. The van der Waals surface area contributed by atoms with Crippen molar-refractivity contribution in [3.05, 3.63) is 51.8 Å². The van der Waals surface area contributed by atoms with Crippen LogP contribution in [0, 0.1) is 17.0 Å². The van der Waals surface area contributed by atoms with Crippen molar-refractivity contribution < 1.29 is 13.3 Å². The summed E-state index contributed by atoms with van der Waals surface area (Å²) in [6, 6.07) is 5.48. The Morgan fingerprint density at radius 2 is 1.85 bits per heavy atom. The first-order chi connectivity index (χ1) is 12.8. The number of hydrogen-bond donors (Lipinski definition) is 0. The van der Waals surface area contributed by atoms with Crippen LogP contribution in [-0.2, 0) is 23.1 Å². The maximum atomic E-state index is 12.9. The van der Waals surface area contributed by atoms with Gasteiger partial charge in [0.25, 0.3) is 5.69 Å². The molecule has 1 aliphatic rings. The van der Waals surface area contributed by atoms with Crippen molar-refractivity contribution in [2.45, 2.75) is 31.8 Å². The quantitative estimate of drug-likeness (QED) is 0.546. The zero-order valence-electron chi connectivity index (χ0n) is 15.4. The summed E-state index contributed by atoms with van der Waals surface area (Å²) < 4.78 is 28.9. The molecular formula is C17H23N5O4S. The first kappa shape index (κ1) is 19.5. The van der Waals surface area contributed by atoms with E-state index in [0.29, 0.717) is 32.7 Å². The van der Waals surface area contributed by atoms with Gasteiger partial charge >= 0.3 is 0 Å². The predicted molar refractivity (Wildman–Crippen MR) is 99.8 cm³/mol. The molecule has 0 atom stereocenters. The van der Waals surface area contributed by atoms with Crippen LogP contribution in [0.3, 0.4) is 0 Å². The molecule has 1 saturated heterocycles. The fourth-order valence-electron chi connectivity index (χ4n) is 3.21. The lowest BCUT2D eigenvalue weighted by Crippen LogP contribution is -2.48. The fourth-order valence-corrected chi connectivity index (χ4v) is 4.79. The second kappa shape index (κ2) is 7.75. The SMILES string of the molecule is CCn1cc(CN2CCN(S(=O)(=O)c3ccccc3[N+](=O)[O-])CC2)c(C)n1. The summed E-state index contributed by atoms with van der Waals surface area (Å²) in [7, 11) is -3.89. The van der Waals surface area contributed by atoms with Gasteiger partial charge in [-0.2, -0.15) is 9.40 Å². The second-order valence-corrected chi connectivity index (χ2v) is 8.41. The molecule has 1 aromatic carbocycles. The van der Waals surface area contributed by atoms with Gasteiger partial charge in [0.1, 0.15) is 0 Å². The molecule has 0 unspecified atom stereocenters. The van der Waals surface area contributed by atoms with Gasteiger partial charge in [-0.25, -0.2) is 8.42 Å². The van der Waals surface area contributed by atoms with Crippen molar-refractivity contribution in [1.29, 1.82) is 0 Å². The number of nitro benzene ring substituents is 1. The largest absolute Gasteiger partial charge is 0.296 e. The van der Waals surface area contributed by atoms with Crippen LogP contribution >= 0.6 is 0 Å². The first-order valence-electron chi connectivity index (χ1n) is 8.81. The van der Waals surface area contributed by atoms with E-state index in [9.17, 15) is 18.5 Å². The summed E-state index contributed by atoms with van der Waals surface area (Å²) in [5.74, 6) is 0. The smallest absolute Gasteiger partial charge is 0.289 e. The number of aromatic nitrogens is 2. The van der Waals surface area contributed by atoms with E-state index in [1.54, 1.807) is 0 Å². The predicted octanol–water partition coefficient (Wildman–Crippen LogP) is 1.63. The average molecular weight is 393 g/mol. The molecule has 146 valence electrons. The number of aryl methyl sites for hydroxylation is 2. The van der Waals surface area contributed by atoms with E-state index in [1.165, 1.54) is 28.6 Å². The van der Waals surface area contributed by atoms with Crippen LogP contribution in [0.5, 0.6) is 0 Å². The highest BCUT2D eigenvalue weighted by Gasteiger charge is 2.33. The van der Waals surface area contributed by atoms with Crippen LogP contribution in [0.15, 0.2) is 35.4 Å². The number of piperazine rings is 1. The van der Waals surface area contributed by atoms with Crippen LogP contribution in [0.2, 0.25) is 0 Å². The van der Waals surface area contributed by atoms with Gasteiger partial charge in [-0.15, -0.1) is 0 Å². The number of rotatable bonds is 6. The van der Waals surface area contributed by atoms with Gasteiger partial charge in [-0.05, 0) is 19.9 Å². The van der Waals surface area contributed by atoms with E-state index in [1.807, 2.05) is 24.7 Å². The summed E-state index contributed by atoms with van der Waals surface area (Å²) in [4.78, 5) is 12.4. The number of hydrogen-bond acceptors (Lipinski definition) is 6. The van der Waals surface area contributed by atoms with Gasteiger partial charge < -0.3 is 0 Å². The van der Waals surface area contributed by atoms with Crippen LogP contribution in [0.25, 0.3) is 0 Å². The monoisotopic (exact) mass is 393 g/mol. The third kappa shape index (κ3) is 4.02. The van der Waals surface area contributed by atoms with E-state index in [0.717, 1.165) is 17.8 Å². The molecule has 0 bridgehead atoms. The van der Waals surface area contributed by atoms with Crippen molar-refractivity contribution in [2.24, 2.45) is 0 Å². The van der Waals surface area contributed by atoms with Crippen LogP contribution < -0.4 is 0 Å². The maximum Gasteiger partial charge on any atom is 0.289 e. The number of nitrogens with zero attached hydrogens (tertiary/aromatic N) is 5. The second-order valence-electron chi connectivity index (χ2n) is 6.50. The molecule has 10 heteroatoms. The zero-order valence-corrected chi connectivity index (χ0v) is 16.2. The lowest BCUT2D eigenvalue weighted by Gasteiger charge is -2.33. The Morgan fingerprint density at radius 1 is 1.19 bits per heavy atom. The highest BCUT2D eigenvalue weighted by molar-refractivity contribution is 7.89. The molecule has 1 aromatic heterocycles. The molecule has 2 aromatic rings. The normalized spacial score (nSPS) is 16.5. The van der Waals surface area contributed by atoms with E-state index < -0.39 is 14.9 Å². The molecule has 0 radical (unpaired) electrons. The van der Waals surface area contributed by atoms with Crippen LogP contribution in [0.1, 0.15) is 18.2 Å². The summed E-state index contributed by atoms with van der Waals surface area (Å²) in [6.45, 7) is 7.26. The van der Waals surface area contributed by atoms with Gasteiger partial charge in [-0.3, -0.25) is 19.7 Å². The van der Waals surface area contributed by atoms with E-state index in [2.05, 4.69) is 10.00 Å². The highest BCUT2D eigenvalue weighted by atomic mass is 32.2. The van der Waals surface area contributed by atoms with Gasteiger partial charge in [0.05, 0.1) is 10.6 Å². The zero-order chi connectivity index (χ0) is 19.6. The number of benzene rings is 1. The Hall–Kier alpha value is -2.30. The lowest BCUT2D eigenvalue weighted by molar-refractivity contribution is -0.387. The molecule has 9 nitrogen and oxygen atoms in total. The Kier molecular flexibility index (Phi) is 5.59. The Morgan fingerprint density at radius 3 is 2.44 bits per heavy atom. The Balaban J connectivity index is 1.70. The fraction of sp³-hybridized carbons (Fsp3) is 0.471. The third-order valence-corrected chi connectivity index (χ3v) is 6.72. The van der Waals surface area contributed by atoms with Crippen molar-refractivity contribution in [3.8, 4) is 0 Å². The molecule has 3 rings (SSSR count). The summed E-state index contributed by atoms with van der Waals surface area (Å²) in [5.41, 5.74) is 1.72. The summed E-state index contributed by atoms with van der Waals surface area (Å²) >= 11 is 0. The minimum absolute atomic E-state index is 0.247. The number of para-hydroxylation sites is 1. The third-order valence-electron chi connectivity index (χ3n) is 4.78. The molecule has 27 heavy (non-hydrogen) atoms. The number of nitro groups is 1. The Labute approximate surface area is 158 Å². The maximum absolute atomic E-state index is 12.9. The van der Waals surface area contributed by atoms with Gasteiger partial charge in [0.2, 0.25) is 10.0 Å². The Bertz CT molecular complexity index is 933. The van der Waals surface area contributed by atoms with Crippen LogP contribution in [-0.4, -0.2) is 58.5 Å². The van der Waals surface area contributed by atoms with Crippen molar-refractivity contribution in [1.82, 2.24) is 19.0 Å². The topological polar surface area (TPSA) is 102 Å². The van der Waals surface area contributed by atoms with Crippen molar-refractivity contribution in [2.75, 3.05) is 26.2 Å². The first-order valence-corrected chi connectivity index (χ1v) is 10.3. The van der Waals surface area contributed by atoms with Gasteiger partial charge in [0, 0.05) is 57.1 Å². The molecule has 0 saturated carbocycles. The molecule has 0 spiro atoms. The van der Waals surface area contributed by atoms with Gasteiger partial charge in [-0.1, -0.05) is 12.1 Å². The molecular weight excluding hydrogens is 370 g/mol. The van der Waals surface area contributed by atoms with Crippen molar-refractivity contribution in [3.63, 3.8) is 0 Å². The van der Waals surface area contributed by atoms with E-state index >= 15 is 0 Å². The van der Waals surface area contributed by atoms with Gasteiger partial charge in [0.15, 0.2) is 4.90 Å². The van der Waals surface area contributed by atoms with Crippen molar-refractivity contribution >= 4 is 15.7 Å². The van der Waals surface area contributed by atoms with E-state index in [4.69, 9.17) is 0 Å². The van der Waals surface area contributed by atoms with E-state index in [-0.39, 0.29) is 10.6 Å². The molecule has 0 aliphatic carbocycles. The summed E-state index contributed by atoms with van der Waals surface area (Å²) in [6.07, 6.45) is 2.02. The highest BCUT2D eigenvalue weighted by Crippen LogP contribution is 2.27. The molecule has 2 heterocycles. The molecule has 0 N–H and O–H groups in total. The lowest BCUT2D eigenvalue weighted by atomic mass is 10.2. The summed E-state index contributed by atoms with van der Waals surface area (Å²) in [5, 5.41) is 15.6. The molecule has 0 amide bonds. The minimum Gasteiger partial charge on any atom is -0.296 e. The average Bonchev–Trinajstić information content (AvgIpc) is 3.02. The number of sulfonamides is 1.